The van der Waals surface area contributed by atoms with Gasteiger partial charge in [0.15, 0.2) is 11.5 Å². The Labute approximate surface area is 152 Å². The van der Waals surface area contributed by atoms with Crippen LogP contribution in [0.4, 0.5) is 18.0 Å². The van der Waals surface area contributed by atoms with Gasteiger partial charge in [-0.1, -0.05) is 6.07 Å². The highest BCUT2D eigenvalue weighted by Crippen LogP contribution is 2.34. The molecule has 0 bridgehead atoms. The number of halogens is 3. The van der Waals surface area contributed by atoms with Crippen LogP contribution in [0.3, 0.4) is 0 Å². The maximum absolute atomic E-state index is 13.4. The zero-order valence-corrected chi connectivity index (χ0v) is 14.8. The molecular formula is C16H18F3N3O5. The molecule has 1 saturated heterocycles. The molecular weight excluding hydrogens is 371 g/mol. The molecule has 8 nitrogen and oxygen atoms in total. The monoisotopic (exact) mass is 389 g/mol. The average molecular weight is 389 g/mol. The number of urea groups is 1. The van der Waals surface area contributed by atoms with E-state index in [1.54, 1.807) is 23.5 Å². The highest BCUT2D eigenvalue weighted by atomic mass is 19.4. The molecule has 1 aliphatic heterocycles. The average Bonchev–Trinajstić information content (AvgIpc) is 2.83. The normalized spacial score (nSPS) is 19.7. The summed E-state index contributed by atoms with van der Waals surface area (Å²) in [5, 5.41) is 3.06. The molecule has 0 aliphatic carbocycles. The van der Waals surface area contributed by atoms with Crippen molar-refractivity contribution >= 4 is 17.8 Å². The summed E-state index contributed by atoms with van der Waals surface area (Å²) in [5.41, 5.74) is -2.86. The summed E-state index contributed by atoms with van der Waals surface area (Å²) in [6.45, 7) is 0.497. The quantitative estimate of drug-likeness (QED) is 0.713. The Morgan fingerprint density at radius 2 is 1.85 bits per heavy atom. The van der Waals surface area contributed by atoms with E-state index in [2.05, 4.69) is 0 Å². The first-order chi connectivity index (χ1) is 12.6. The van der Waals surface area contributed by atoms with Crippen LogP contribution in [0.15, 0.2) is 18.2 Å². The van der Waals surface area contributed by atoms with Crippen LogP contribution in [0.1, 0.15) is 12.5 Å². The smallest absolute Gasteiger partial charge is 0.440 e. The maximum Gasteiger partial charge on any atom is 0.440 e. The Balaban J connectivity index is 2.21. The van der Waals surface area contributed by atoms with Crippen LogP contribution in [0.2, 0.25) is 0 Å². The van der Waals surface area contributed by atoms with E-state index in [1.165, 1.54) is 19.5 Å². The number of hydrogen-bond donors (Lipinski definition) is 2. The lowest BCUT2D eigenvalue weighted by Crippen LogP contribution is -2.69. The second-order valence-corrected chi connectivity index (χ2v) is 5.76. The number of imide groups is 1. The van der Waals surface area contributed by atoms with Crippen molar-refractivity contribution in [1.29, 1.82) is 0 Å². The molecule has 1 fully saturated rings. The van der Waals surface area contributed by atoms with Gasteiger partial charge in [0.1, 0.15) is 0 Å². The van der Waals surface area contributed by atoms with E-state index in [0.29, 0.717) is 22.0 Å². The molecule has 0 unspecified atom stereocenters. The molecule has 0 aromatic heterocycles. The zero-order chi connectivity index (χ0) is 20.4. The molecule has 0 spiro atoms. The van der Waals surface area contributed by atoms with Gasteiger partial charge in [0.05, 0.1) is 14.2 Å². The molecule has 2 rings (SSSR count). The Morgan fingerprint density at radius 1 is 1.22 bits per heavy atom. The van der Waals surface area contributed by atoms with Gasteiger partial charge >= 0.3 is 12.2 Å². The predicted molar refractivity (Wildman–Crippen MR) is 86.1 cm³/mol. The predicted octanol–water partition coefficient (Wildman–Crippen LogP) is 1.19. The second-order valence-electron chi connectivity index (χ2n) is 5.76. The standard InChI is InChI=1S/C16H18F3N3O5/c1-9(23)20-15(16(17,18)19)13(24)22(14(25)21-15)7-6-10-4-5-11(26-2)12(8-10)27-3/h4-5,8H,6-7H2,1-3H3,(H,20,23)(H,21,25)/t15-/m1/s1. The van der Waals surface area contributed by atoms with Crippen LogP contribution >= 0.6 is 0 Å². The molecule has 1 aliphatic rings. The Morgan fingerprint density at radius 3 is 2.37 bits per heavy atom. The topological polar surface area (TPSA) is 97.0 Å². The van der Waals surface area contributed by atoms with Gasteiger partial charge in [-0.2, -0.15) is 13.2 Å². The summed E-state index contributed by atoms with van der Waals surface area (Å²) >= 11 is 0. The first-order valence-corrected chi connectivity index (χ1v) is 7.76. The van der Waals surface area contributed by atoms with Crippen LogP contribution < -0.4 is 20.1 Å². The number of benzene rings is 1. The lowest BCUT2D eigenvalue weighted by molar-refractivity contribution is -0.203. The Kier molecular flexibility index (Phi) is 5.52. The fraction of sp³-hybridized carbons (Fsp3) is 0.438. The lowest BCUT2D eigenvalue weighted by Gasteiger charge is -2.29. The molecule has 2 N–H and O–H groups in total. The molecule has 1 aromatic carbocycles. The number of carbonyl (C=O) groups excluding carboxylic acids is 3. The van der Waals surface area contributed by atoms with Crippen molar-refractivity contribution in [1.82, 2.24) is 15.5 Å². The van der Waals surface area contributed by atoms with E-state index in [1.807, 2.05) is 0 Å². The first-order valence-electron chi connectivity index (χ1n) is 7.76. The molecule has 4 amide bonds. The van der Waals surface area contributed by atoms with Crippen LogP contribution in [-0.4, -0.2) is 55.3 Å². The number of nitrogens with one attached hydrogen (secondary N) is 2. The van der Waals surface area contributed by atoms with Crippen molar-refractivity contribution in [3.05, 3.63) is 23.8 Å². The number of nitrogens with zero attached hydrogens (tertiary/aromatic N) is 1. The summed E-state index contributed by atoms with van der Waals surface area (Å²) in [4.78, 5) is 35.9. The van der Waals surface area contributed by atoms with Crippen molar-refractivity contribution in [3.8, 4) is 11.5 Å². The van der Waals surface area contributed by atoms with Gasteiger partial charge in [-0.05, 0) is 24.1 Å². The van der Waals surface area contributed by atoms with E-state index in [9.17, 15) is 27.6 Å². The van der Waals surface area contributed by atoms with Gasteiger partial charge in [-0.3, -0.25) is 19.8 Å². The minimum Gasteiger partial charge on any atom is -0.493 e. The summed E-state index contributed by atoms with van der Waals surface area (Å²) in [6.07, 6.45) is -5.13. The van der Waals surface area contributed by atoms with Crippen molar-refractivity contribution in [2.75, 3.05) is 20.8 Å². The SMILES string of the molecule is COc1ccc(CCN2C(=O)N[C@@](NC(C)=O)(C(F)(F)F)C2=O)cc1OC. The fourth-order valence-electron chi connectivity index (χ4n) is 2.67. The summed E-state index contributed by atoms with van der Waals surface area (Å²) in [5.74, 6) is -1.84. The van der Waals surface area contributed by atoms with Crippen molar-refractivity contribution in [2.45, 2.75) is 25.2 Å². The fourth-order valence-corrected chi connectivity index (χ4v) is 2.67. The number of amides is 4. The molecule has 1 atom stereocenters. The van der Waals surface area contributed by atoms with Gasteiger partial charge in [-0.25, -0.2) is 4.79 Å². The molecule has 1 heterocycles. The number of ether oxygens (including phenoxy) is 2. The second kappa shape index (κ2) is 7.33. The van der Waals surface area contributed by atoms with E-state index in [4.69, 9.17) is 9.47 Å². The van der Waals surface area contributed by atoms with E-state index >= 15 is 0 Å². The van der Waals surface area contributed by atoms with E-state index in [-0.39, 0.29) is 13.0 Å². The van der Waals surface area contributed by atoms with E-state index in [0.717, 1.165) is 6.92 Å². The minimum absolute atomic E-state index is 0.0769. The number of methoxy groups -OCH3 is 2. The third-order valence-electron chi connectivity index (χ3n) is 3.97. The highest BCUT2D eigenvalue weighted by molar-refractivity contribution is 6.08. The molecule has 27 heavy (non-hydrogen) atoms. The number of hydrogen-bond acceptors (Lipinski definition) is 5. The lowest BCUT2D eigenvalue weighted by atomic mass is 10.1. The third-order valence-corrected chi connectivity index (χ3v) is 3.97. The molecule has 0 saturated carbocycles. The van der Waals surface area contributed by atoms with Gasteiger partial charge < -0.3 is 14.8 Å². The van der Waals surface area contributed by atoms with Gasteiger partial charge in [0.25, 0.3) is 11.6 Å². The Bertz CT molecular complexity index is 768. The largest absolute Gasteiger partial charge is 0.493 e. The molecule has 11 heteroatoms. The van der Waals surface area contributed by atoms with Crippen molar-refractivity contribution in [2.24, 2.45) is 0 Å². The van der Waals surface area contributed by atoms with Crippen LogP contribution in [0.25, 0.3) is 0 Å². The number of alkyl halides is 3. The summed E-state index contributed by atoms with van der Waals surface area (Å²) in [7, 11) is 2.87. The Hall–Kier alpha value is -2.98. The van der Waals surface area contributed by atoms with Crippen molar-refractivity contribution < 1.29 is 37.0 Å². The van der Waals surface area contributed by atoms with Crippen LogP contribution in [-0.2, 0) is 16.0 Å². The highest BCUT2D eigenvalue weighted by Gasteiger charge is 2.68. The van der Waals surface area contributed by atoms with Gasteiger partial charge in [-0.15, -0.1) is 0 Å². The zero-order valence-electron chi connectivity index (χ0n) is 14.8. The molecule has 0 radical (unpaired) electrons. The van der Waals surface area contributed by atoms with Gasteiger partial charge in [0.2, 0.25) is 5.91 Å². The third kappa shape index (κ3) is 3.76. The minimum atomic E-state index is -5.20. The summed E-state index contributed by atoms with van der Waals surface area (Å²) in [6, 6.07) is 3.57. The van der Waals surface area contributed by atoms with Crippen LogP contribution in [0, 0.1) is 0 Å². The molecule has 1 aromatic rings. The summed E-state index contributed by atoms with van der Waals surface area (Å²) < 4.78 is 50.5. The van der Waals surface area contributed by atoms with Gasteiger partial charge in [0, 0.05) is 13.5 Å². The van der Waals surface area contributed by atoms with Crippen LogP contribution in [0.5, 0.6) is 11.5 Å². The number of rotatable bonds is 6. The first kappa shape index (κ1) is 20.3. The van der Waals surface area contributed by atoms with Crippen molar-refractivity contribution in [3.63, 3.8) is 0 Å². The number of carbonyl (C=O) groups is 3. The molecule has 148 valence electrons. The maximum atomic E-state index is 13.4. The van der Waals surface area contributed by atoms with E-state index < -0.39 is 29.7 Å².